The zero-order valence-electron chi connectivity index (χ0n) is 18.0. The Bertz CT molecular complexity index is 1260. The van der Waals surface area contributed by atoms with Crippen molar-refractivity contribution in [2.75, 3.05) is 7.11 Å². The fourth-order valence-electron chi connectivity index (χ4n) is 3.09. The first-order valence-electron chi connectivity index (χ1n) is 10.3. The number of tetrazole rings is 1. The second-order valence-corrected chi connectivity index (χ2v) is 7.03. The molecule has 33 heavy (non-hydrogen) atoms. The number of carbonyl (C=O) groups is 1. The highest BCUT2D eigenvalue weighted by Gasteiger charge is 2.07. The van der Waals surface area contributed by atoms with Gasteiger partial charge in [-0.25, -0.2) is 5.43 Å². The number of allylic oxidation sites excluding steroid dienone is 1. The minimum Gasteiger partial charge on any atom is -0.496 e. The molecule has 0 saturated heterocycles. The number of carbonyl (C=O) groups excluding carboxylic acids is 1. The number of hydrazone groups is 1. The van der Waals surface area contributed by atoms with E-state index in [0.717, 1.165) is 22.4 Å². The second kappa shape index (κ2) is 10.6. The fourth-order valence-corrected chi connectivity index (χ4v) is 3.09. The van der Waals surface area contributed by atoms with Gasteiger partial charge in [-0.2, -0.15) is 9.90 Å². The summed E-state index contributed by atoms with van der Waals surface area (Å²) in [6, 6.07) is 24.5. The molecule has 0 spiro atoms. The van der Waals surface area contributed by atoms with Crippen LogP contribution in [0.1, 0.15) is 21.5 Å². The lowest BCUT2D eigenvalue weighted by atomic mass is 10.1. The zero-order valence-corrected chi connectivity index (χ0v) is 18.0. The van der Waals surface area contributed by atoms with E-state index in [1.54, 1.807) is 25.3 Å². The molecule has 0 bridgehead atoms. The van der Waals surface area contributed by atoms with Crippen molar-refractivity contribution >= 4 is 18.2 Å². The van der Waals surface area contributed by atoms with Crippen LogP contribution in [0.5, 0.6) is 5.75 Å². The quantitative estimate of drug-likeness (QED) is 0.333. The highest BCUT2D eigenvalue weighted by Crippen LogP contribution is 2.18. The van der Waals surface area contributed by atoms with Crippen LogP contribution < -0.4 is 10.2 Å². The predicted octanol–water partition coefficient (Wildman–Crippen LogP) is 3.83. The minimum absolute atomic E-state index is 0.297. The molecule has 0 aliphatic heterocycles. The fraction of sp³-hybridized carbons (Fsp3) is 0.0800. The van der Waals surface area contributed by atoms with Crippen molar-refractivity contribution in [3.8, 4) is 17.1 Å². The van der Waals surface area contributed by atoms with Gasteiger partial charge < -0.3 is 4.74 Å². The summed E-state index contributed by atoms with van der Waals surface area (Å²) in [6.45, 7) is 0.452. The second-order valence-electron chi connectivity index (χ2n) is 7.03. The molecule has 4 aromatic rings. The highest BCUT2D eigenvalue weighted by atomic mass is 16.5. The lowest BCUT2D eigenvalue weighted by Gasteiger charge is -2.03. The Kier molecular flexibility index (Phi) is 6.97. The van der Waals surface area contributed by atoms with E-state index in [1.807, 2.05) is 72.8 Å². The molecule has 0 fully saturated rings. The molecular formula is C25H22N6O2. The van der Waals surface area contributed by atoms with Crippen LogP contribution in [0.15, 0.2) is 90.0 Å². The Morgan fingerprint density at radius 1 is 1.03 bits per heavy atom. The maximum absolute atomic E-state index is 12.3. The standard InChI is InChI=1S/C25H22N6O2/c1-33-23-12-6-5-8-20(23)11-7-17-26-28-25(32)22-15-13-19(14-16-22)18-31-29-24(27-30-31)21-9-3-2-4-10-21/h2-17H,18H2,1H3,(H,28,32)/b11-7+,26-17+. The predicted molar refractivity (Wildman–Crippen MR) is 127 cm³/mol. The van der Waals surface area contributed by atoms with Crippen molar-refractivity contribution in [2.45, 2.75) is 6.54 Å². The molecule has 1 amide bonds. The highest BCUT2D eigenvalue weighted by molar-refractivity contribution is 5.94. The summed E-state index contributed by atoms with van der Waals surface area (Å²) in [5, 5.41) is 16.6. The number of rotatable bonds is 8. The van der Waals surface area contributed by atoms with Crippen molar-refractivity contribution < 1.29 is 9.53 Å². The summed E-state index contributed by atoms with van der Waals surface area (Å²) in [7, 11) is 1.62. The summed E-state index contributed by atoms with van der Waals surface area (Å²) in [5.41, 5.74) is 5.80. The number of para-hydroxylation sites is 1. The Morgan fingerprint density at radius 3 is 2.58 bits per heavy atom. The number of hydrogen-bond acceptors (Lipinski definition) is 6. The lowest BCUT2D eigenvalue weighted by molar-refractivity contribution is 0.0955. The van der Waals surface area contributed by atoms with Gasteiger partial charge in [-0.15, -0.1) is 10.2 Å². The molecule has 0 atom stereocenters. The van der Waals surface area contributed by atoms with Crippen LogP contribution in [0, 0.1) is 0 Å². The van der Waals surface area contributed by atoms with E-state index in [0.29, 0.717) is 17.9 Å². The van der Waals surface area contributed by atoms with Crippen LogP contribution in [-0.2, 0) is 6.54 Å². The Labute approximate surface area is 191 Å². The number of ether oxygens (including phenoxy) is 1. The van der Waals surface area contributed by atoms with Gasteiger partial charge in [0.1, 0.15) is 5.75 Å². The number of nitrogens with zero attached hydrogens (tertiary/aromatic N) is 5. The molecule has 0 unspecified atom stereocenters. The molecule has 0 radical (unpaired) electrons. The summed E-state index contributed by atoms with van der Waals surface area (Å²) in [5.74, 6) is 1.04. The molecule has 1 N–H and O–H groups in total. The van der Waals surface area contributed by atoms with Gasteiger partial charge in [-0.3, -0.25) is 4.79 Å². The van der Waals surface area contributed by atoms with Crippen LogP contribution in [0.2, 0.25) is 0 Å². The first-order chi connectivity index (χ1) is 16.2. The third kappa shape index (κ3) is 5.76. The Balaban J connectivity index is 1.31. The van der Waals surface area contributed by atoms with E-state index in [4.69, 9.17) is 4.74 Å². The monoisotopic (exact) mass is 438 g/mol. The summed E-state index contributed by atoms with van der Waals surface area (Å²) < 4.78 is 5.29. The molecule has 1 heterocycles. The van der Waals surface area contributed by atoms with Gasteiger partial charge in [-0.05, 0) is 41.1 Å². The number of methoxy groups -OCH3 is 1. The summed E-state index contributed by atoms with van der Waals surface area (Å²) in [4.78, 5) is 13.8. The first kappa shape index (κ1) is 21.6. The minimum atomic E-state index is -0.297. The number of nitrogens with one attached hydrogen (secondary N) is 1. The molecule has 3 aromatic carbocycles. The van der Waals surface area contributed by atoms with Gasteiger partial charge in [0.05, 0.1) is 13.7 Å². The summed E-state index contributed by atoms with van der Waals surface area (Å²) in [6.07, 6.45) is 5.10. The van der Waals surface area contributed by atoms with Crippen LogP contribution >= 0.6 is 0 Å². The SMILES string of the molecule is COc1ccccc1/C=C/C=N/NC(=O)c1ccc(Cn2nnc(-c3ccccc3)n2)cc1. The van der Waals surface area contributed by atoms with E-state index < -0.39 is 0 Å². The molecule has 0 aliphatic rings. The third-order valence-electron chi connectivity index (χ3n) is 4.77. The topological polar surface area (TPSA) is 94.3 Å². The van der Waals surface area contributed by atoms with Gasteiger partial charge in [0.2, 0.25) is 5.82 Å². The van der Waals surface area contributed by atoms with Crippen LogP contribution in [0.25, 0.3) is 17.5 Å². The maximum atomic E-state index is 12.3. The van der Waals surface area contributed by atoms with E-state index in [2.05, 4.69) is 25.9 Å². The maximum Gasteiger partial charge on any atom is 0.271 e. The lowest BCUT2D eigenvalue weighted by Crippen LogP contribution is -2.17. The normalized spacial score (nSPS) is 11.2. The number of hydrogen-bond donors (Lipinski definition) is 1. The van der Waals surface area contributed by atoms with Crippen LogP contribution in [0.4, 0.5) is 0 Å². The van der Waals surface area contributed by atoms with Gasteiger partial charge in [0.25, 0.3) is 5.91 Å². The first-order valence-corrected chi connectivity index (χ1v) is 10.3. The zero-order chi connectivity index (χ0) is 22.9. The van der Waals surface area contributed by atoms with Crippen molar-refractivity contribution in [1.29, 1.82) is 0 Å². The molecular weight excluding hydrogens is 416 g/mol. The van der Waals surface area contributed by atoms with E-state index in [1.165, 1.54) is 11.0 Å². The smallest absolute Gasteiger partial charge is 0.271 e. The van der Waals surface area contributed by atoms with Crippen LogP contribution in [0.3, 0.4) is 0 Å². The van der Waals surface area contributed by atoms with Crippen molar-refractivity contribution in [3.05, 3.63) is 102 Å². The van der Waals surface area contributed by atoms with Gasteiger partial charge in [0, 0.05) is 22.9 Å². The number of amides is 1. The Hall–Kier alpha value is -4.59. The average molecular weight is 438 g/mol. The molecule has 4 rings (SSSR count). The molecule has 8 heteroatoms. The molecule has 1 aromatic heterocycles. The largest absolute Gasteiger partial charge is 0.496 e. The third-order valence-corrected chi connectivity index (χ3v) is 4.77. The number of aromatic nitrogens is 4. The van der Waals surface area contributed by atoms with Crippen molar-refractivity contribution in [2.24, 2.45) is 5.10 Å². The Morgan fingerprint density at radius 2 is 1.79 bits per heavy atom. The molecule has 0 aliphatic carbocycles. The van der Waals surface area contributed by atoms with Gasteiger partial charge in [-0.1, -0.05) is 60.7 Å². The molecule has 8 nitrogen and oxygen atoms in total. The molecule has 164 valence electrons. The van der Waals surface area contributed by atoms with Gasteiger partial charge in [0.15, 0.2) is 0 Å². The van der Waals surface area contributed by atoms with Gasteiger partial charge >= 0.3 is 0 Å². The van der Waals surface area contributed by atoms with E-state index >= 15 is 0 Å². The molecule has 0 saturated carbocycles. The van der Waals surface area contributed by atoms with Crippen molar-refractivity contribution in [3.63, 3.8) is 0 Å². The van der Waals surface area contributed by atoms with Crippen molar-refractivity contribution in [1.82, 2.24) is 25.6 Å². The van der Waals surface area contributed by atoms with E-state index in [9.17, 15) is 4.79 Å². The number of benzene rings is 3. The summed E-state index contributed by atoms with van der Waals surface area (Å²) >= 11 is 0. The van der Waals surface area contributed by atoms with E-state index in [-0.39, 0.29) is 5.91 Å². The van der Waals surface area contributed by atoms with Crippen LogP contribution in [-0.4, -0.2) is 39.4 Å². The average Bonchev–Trinajstić information content (AvgIpc) is 3.33.